The molecule has 0 spiro atoms. The second-order valence-electron chi connectivity index (χ2n) is 3.74. The van der Waals surface area contributed by atoms with E-state index in [-0.39, 0.29) is 12.1 Å². The van der Waals surface area contributed by atoms with Crippen LogP contribution in [0.2, 0.25) is 0 Å². The SMILES string of the molecule is CC1OCCC1N(C)c1cc(F)ncn1. The Morgan fingerprint density at radius 2 is 2.33 bits per heavy atom. The average molecular weight is 211 g/mol. The van der Waals surface area contributed by atoms with Gasteiger partial charge in [0.05, 0.1) is 12.1 Å². The molecule has 0 aliphatic carbocycles. The van der Waals surface area contributed by atoms with Crippen LogP contribution in [-0.4, -0.2) is 35.8 Å². The number of hydrogen-bond donors (Lipinski definition) is 0. The first-order valence-corrected chi connectivity index (χ1v) is 5.00. The van der Waals surface area contributed by atoms with E-state index in [0.29, 0.717) is 5.82 Å². The standard InChI is InChI=1S/C10H14FN3O/c1-7-8(3-4-15-7)14(2)10-5-9(11)12-6-13-10/h5-8H,3-4H2,1-2H3. The number of hydrogen-bond acceptors (Lipinski definition) is 4. The Kier molecular flexibility index (Phi) is 2.81. The molecular formula is C10H14FN3O. The average Bonchev–Trinajstić information content (AvgIpc) is 2.63. The van der Waals surface area contributed by atoms with Crippen LogP contribution in [0.1, 0.15) is 13.3 Å². The molecule has 1 saturated heterocycles. The van der Waals surface area contributed by atoms with Crippen molar-refractivity contribution < 1.29 is 9.13 Å². The molecule has 2 unspecified atom stereocenters. The minimum absolute atomic E-state index is 0.160. The zero-order valence-corrected chi connectivity index (χ0v) is 8.85. The second kappa shape index (κ2) is 4.10. The topological polar surface area (TPSA) is 38.2 Å². The zero-order chi connectivity index (χ0) is 10.8. The number of anilines is 1. The third kappa shape index (κ3) is 2.07. The summed E-state index contributed by atoms with van der Waals surface area (Å²) in [5, 5.41) is 0. The molecule has 0 bridgehead atoms. The Morgan fingerprint density at radius 1 is 1.53 bits per heavy atom. The zero-order valence-electron chi connectivity index (χ0n) is 8.85. The number of halogens is 1. The molecule has 4 nitrogen and oxygen atoms in total. The summed E-state index contributed by atoms with van der Waals surface area (Å²) in [5.74, 6) is 0.100. The van der Waals surface area contributed by atoms with Crippen LogP contribution in [0.5, 0.6) is 0 Å². The largest absolute Gasteiger partial charge is 0.376 e. The second-order valence-corrected chi connectivity index (χ2v) is 3.74. The van der Waals surface area contributed by atoms with E-state index in [2.05, 4.69) is 9.97 Å². The summed E-state index contributed by atoms with van der Waals surface area (Å²) in [6, 6.07) is 1.60. The van der Waals surface area contributed by atoms with Crippen LogP contribution in [0.25, 0.3) is 0 Å². The lowest BCUT2D eigenvalue weighted by atomic mass is 10.1. The van der Waals surface area contributed by atoms with Crippen molar-refractivity contribution in [2.75, 3.05) is 18.6 Å². The quantitative estimate of drug-likeness (QED) is 0.690. The molecule has 0 amide bonds. The Hall–Kier alpha value is -1.23. The van der Waals surface area contributed by atoms with Gasteiger partial charge in [-0.2, -0.15) is 4.39 Å². The van der Waals surface area contributed by atoms with Gasteiger partial charge in [-0.05, 0) is 13.3 Å². The van der Waals surface area contributed by atoms with Crippen molar-refractivity contribution in [3.8, 4) is 0 Å². The number of nitrogens with zero attached hydrogens (tertiary/aromatic N) is 3. The number of rotatable bonds is 2. The predicted molar refractivity (Wildman–Crippen MR) is 54.2 cm³/mol. The molecule has 1 aromatic heterocycles. The molecule has 0 radical (unpaired) electrons. The third-order valence-electron chi connectivity index (χ3n) is 2.81. The molecule has 82 valence electrons. The van der Waals surface area contributed by atoms with Crippen molar-refractivity contribution in [2.45, 2.75) is 25.5 Å². The smallest absolute Gasteiger partial charge is 0.218 e. The molecule has 1 aliphatic rings. The first kappa shape index (κ1) is 10.3. The predicted octanol–water partition coefficient (Wildman–Crippen LogP) is 1.23. The van der Waals surface area contributed by atoms with E-state index in [0.717, 1.165) is 13.0 Å². The summed E-state index contributed by atoms with van der Waals surface area (Å²) in [6.45, 7) is 2.77. The fourth-order valence-corrected chi connectivity index (χ4v) is 1.92. The lowest BCUT2D eigenvalue weighted by molar-refractivity contribution is 0.118. The highest BCUT2D eigenvalue weighted by Crippen LogP contribution is 2.22. The summed E-state index contributed by atoms with van der Waals surface area (Å²) >= 11 is 0. The molecule has 1 aromatic rings. The van der Waals surface area contributed by atoms with Crippen molar-refractivity contribution >= 4 is 5.82 Å². The van der Waals surface area contributed by atoms with Gasteiger partial charge in [0.1, 0.15) is 12.1 Å². The molecule has 0 saturated carbocycles. The van der Waals surface area contributed by atoms with E-state index in [1.165, 1.54) is 12.4 Å². The lowest BCUT2D eigenvalue weighted by Gasteiger charge is -2.27. The van der Waals surface area contributed by atoms with Gasteiger partial charge in [-0.3, -0.25) is 0 Å². The molecule has 1 aliphatic heterocycles. The van der Waals surface area contributed by atoms with Crippen molar-refractivity contribution in [1.29, 1.82) is 0 Å². The fraction of sp³-hybridized carbons (Fsp3) is 0.600. The first-order valence-electron chi connectivity index (χ1n) is 5.00. The van der Waals surface area contributed by atoms with Crippen molar-refractivity contribution in [3.05, 3.63) is 18.3 Å². The summed E-state index contributed by atoms with van der Waals surface area (Å²) in [7, 11) is 1.90. The molecule has 2 atom stereocenters. The van der Waals surface area contributed by atoms with Crippen LogP contribution in [0.15, 0.2) is 12.4 Å². The molecule has 0 aromatic carbocycles. The third-order valence-corrected chi connectivity index (χ3v) is 2.81. The maximum atomic E-state index is 12.9. The highest BCUT2D eigenvalue weighted by molar-refractivity contribution is 5.37. The van der Waals surface area contributed by atoms with Crippen LogP contribution >= 0.6 is 0 Å². The Bertz CT molecular complexity index is 347. The molecule has 1 fully saturated rings. The molecule has 5 heteroatoms. The normalized spacial score (nSPS) is 25.5. The molecule has 2 rings (SSSR count). The van der Waals surface area contributed by atoms with Gasteiger partial charge in [0.2, 0.25) is 5.95 Å². The van der Waals surface area contributed by atoms with Crippen molar-refractivity contribution in [3.63, 3.8) is 0 Å². The van der Waals surface area contributed by atoms with Crippen LogP contribution in [-0.2, 0) is 4.74 Å². The number of aromatic nitrogens is 2. The van der Waals surface area contributed by atoms with Gasteiger partial charge in [-0.25, -0.2) is 9.97 Å². The lowest BCUT2D eigenvalue weighted by Crippen LogP contribution is -2.37. The Labute approximate surface area is 88.1 Å². The number of likely N-dealkylation sites (N-methyl/N-ethyl adjacent to an activating group) is 1. The van der Waals surface area contributed by atoms with Gasteiger partial charge in [-0.1, -0.05) is 0 Å². The first-order chi connectivity index (χ1) is 7.18. The van der Waals surface area contributed by atoms with E-state index >= 15 is 0 Å². The van der Waals surface area contributed by atoms with Crippen LogP contribution in [0.3, 0.4) is 0 Å². The fourth-order valence-electron chi connectivity index (χ4n) is 1.92. The molecular weight excluding hydrogens is 197 g/mol. The van der Waals surface area contributed by atoms with E-state index in [1.54, 1.807) is 0 Å². The highest BCUT2D eigenvalue weighted by atomic mass is 19.1. The molecule has 2 heterocycles. The highest BCUT2D eigenvalue weighted by Gasteiger charge is 2.28. The van der Waals surface area contributed by atoms with E-state index in [9.17, 15) is 4.39 Å². The monoisotopic (exact) mass is 211 g/mol. The maximum Gasteiger partial charge on any atom is 0.218 e. The minimum atomic E-state index is -0.501. The van der Waals surface area contributed by atoms with Gasteiger partial charge >= 0.3 is 0 Å². The summed E-state index contributed by atoms with van der Waals surface area (Å²) in [5.41, 5.74) is 0. The van der Waals surface area contributed by atoms with E-state index in [4.69, 9.17) is 4.74 Å². The maximum absolute atomic E-state index is 12.9. The van der Waals surface area contributed by atoms with Gasteiger partial charge < -0.3 is 9.64 Å². The van der Waals surface area contributed by atoms with E-state index in [1.807, 2.05) is 18.9 Å². The van der Waals surface area contributed by atoms with Crippen LogP contribution < -0.4 is 4.90 Å². The molecule has 15 heavy (non-hydrogen) atoms. The van der Waals surface area contributed by atoms with E-state index < -0.39 is 5.95 Å². The molecule has 0 N–H and O–H groups in total. The summed E-state index contributed by atoms with van der Waals surface area (Å²) < 4.78 is 18.4. The van der Waals surface area contributed by atoms with Gasteiger partial charge in [0.25, 0.3) is 0 Å². The summed E-state index contributed by atoms with van der Waals surface area (Å²) in [4.78, 5) is 9.42. The number of ether oxygens (including phenoxy) is 1. The van der Waals surface area contributed by atoms with Gasteiger partial charge in [0.15, 0.2) is 0 Å². The summed E-state index contributed by atoms with van der Waals surface area (Å²) in [6.07, 6.45) is 2.35. The van der Waals surface area contributed by atoms with Gasteiger partial charge in [-0.15, -0.1) is 0 Å². The van der Waals surface area contributed by atoms with Crippen LogP contribution in [0, 0.1) is 5.95 Å². The van der Waals surface area contributed by atoms with Crippen LogP contribution in [0.4, 0.5) is 10.2 Å². The Balaban J connectivity index is 2.16. The Morgan fingerprint density at radius 3 is 2.93 bits per heavy atom. The van der Waals surface area contributed by atoms with Crippen molar-refractivity contribution in [1.82, 2.24) is 9.97 Å². The minimum Gasteiger partial charge on any atom is -0.376 e. The van der Waals surface area contributed by atoms with Gasteiger partial charge in [0, 0.05) is 19.7 Å². The van der Waals surface area contributed by atoms with Crippen molar-refractivity contribution in [2.24, 2.45) is 0 Å².